The molecule has 0 radical (unpaired) electrons. The van der Waals surface area contributed by atoms with E-state index in [1.807, 2.05) is 0 Å². The largest absolute Gasteiger partial charge is 0.394 e. The highest BCUT2D eigenvalue weighted by Crippen LogP contribution is 2.15. The van der Waals surface area contributed by atoms with Crippen molar-refractivity contribution in [3.63, 3.8) is 0 Å². The molecule has 0 fully saturated rings. The lowest BCUT2D eigenvalue weighted by atomic mass is 10.1. The Morgan fingerprint density at radius 2 is 2.31 bits per heavy atom. The second kappa shape index (κ2) is 5.41. The molecule has 0 atom stereocenters. The summed E-state index contributed by atoms with van der Waals surface area (Å²) in [6, 6.07) is 0. The molecule has 4 nitrogen and oxygen atoms in total. The number of nitrogens with zero attached hydrogens (tertiary/aromatic N) is 1. The first-order chi connectivity index (χ1) is 7.48. The van der Waals surface area contributed by atoms with Gasteiger partial charge in [0, 0.05) is 0 Å². The van der Waals surface area contributed by atoms with Gasteiger partial charge in [-0.3, -0.25) is 4.79 Å². The van der Waals surface area contributed by atoms with Crippen LogP contribution in [0.3, 0.4) is 0 Å². The first kappa shape index (κ1) is 13.1. The number of thiazole rings is 1. The van der Waals surface area contributed by atoms with E-state index in [9.17, 15) is 4.79 Å². The van der Waals surface area contributed by atoms with Crippen LogP contribution < -0.4 is 5.32 Å². The number of hydrogen-bond donors (Lipinski definition) is 2. The van der Waals surface area contributed by atoms with Crippen LogP contribution in [0.5, 0.6) is 0 Å². The normalized spacial score (nSPS) is 11.5. The molecule has 2 N–H and O–H groups in total. The van der Waals surface area contributed by atoms with Crippen molar-refractivity contribution in [1.29, 1.82) is 0 Å². The standard InChI is InChI=1S/C11H18N2O2S/c1-4-5-9-12-6-8(16-9)10(15)13-11(2,3)7-14/h6,14H,4-5,7H2,1-3H3,(H,13,15). The average molecular weight is 242 g/mol. The van der Waals surface area contributed by atoms with Crippen LogP contribution in [0, 0.1) is 0 Å². The van der Waals surface area contributed by atoms with Crippen molar-refractivity contribution in [2.24, 2.45) is 0 Å². The lowest BCUT2D eigenvalue weighted by Crippen LogP contribution is -2.46. The molecule has 0 aromatic carbocycles. The topological polar surface area (TPSA) is 62.2 Å². The van der Waals surface area contributed by atoms with Crippen LogP contribution in [0.2, 0.25) is 0 Å². The quantitative estimate of drug-likeness (QED) is 0.824. The molecule has 90 valence electrons. The summed E-state index contributed by atoms with van der Waals surface area (Å²) < 4.78 is 0. The Balaban J connectivity index is 2.66. The number of aromatic nitrogens is 1. The molecule has 0 unspecified atom stereocenters. The molecule has 0 aliphatic rings. The summed E-state index contributed by atoms with van der Waals surface area (Å²) in [7, 11) is 0. The zero-order chi connectivity index (χ0) is 12.2. The number of carbonyl (C=O) groups excluding carboxylic acids is 1. The molecule has 1 heterocycles. The third kappa shape index (κ3) is 3.57. The van der Waals surface area contributed by atoms with E-state index in [-0.39, 0.29) is 12.5 Å². The van der Waals surface area contributed by atoms with Gasteiger partial charge in [-0.15, -0.1) is 11.3 Å². The molecular weight excluding hydrogens is 224 g/mol. The first-order valence-electron chi connectivity index (χ1n) is 5.36. The molecule has 1 amide bonds. The summed E-state index contributed by atoms with van der Waals surface area (Å²) in [6.07, 6.45) is 3.52. The maximum absolute atomic E-state index is 11.8. The lowest BCUT2D eigenvalue weighted by molar-refractivity contribution is 0.0873. The Hall–Kier alpha value is -0.940. The average Bonchev–Trinajstić information content (AvgIpc) is 2.66. The monoisotopic (exact) mass is 242 g/mol. The Bertz CT molecular complexity index is 361. The second-order valence-corrected chi connectivity index (χ2v) is 5.48. The van der Waals surface area contributed by atoms with E-state index in [0.29, 0.717) is 4.88 Å². The number of nitrogens with one attached hydrogen (secondary N) is 1. The van der Waals surface area contributed by atoms with Crippen LogP contribution in [0.1, 0.15) is 41.9 Å². The number of aliphatic hydroxyl groups is 1. The Kier molecular flexibility index (Phi) is 4.44. The van der Waals surface area contributed by atoms with Crippen molar-refractivity contribution in [1.82, 2.24) is 10.3 Å². The highest BCUT2D eigenvalue weighted by molar-refractivity contribution is 7.13. The maximum atomic E-state index is 11.8. The predicted molar refractivity (Wildman–Crippen MR) is 64.7 cm³/mol. The van der Waals surface area contributed by atoms with Gasteiger partial charge in [-0.1, -0.05) is 6.92 Å². The molecule has 16 heavy (non-hydrogen) atoms. The van der Waals surface area contributed by atoms with Gasteiger partial charge in [-0.25, -0.2) is 4.98 Å². The molecule has 1 rings (SSSR count). The molecule has 5 heteroatoms. The van der Waals surface area contributed by atoms with Crippen LogP contribution in [-0.2, 0) is 6.42 Å². The Morgan fingerprint density at radius 3 is 2.88 bits per heavy atom. The number of amides is 1. The highest BCUT2D eigenvalue weighted by Gasteiger charge is 2.21. The molecular formula is C11H18N2O2S. The number of hydrogen-bond acceptors (Lipinski definition) is 4. The van der Waals surface area contributed by atoms with Gasteiger partial charge in [0.25, 0.3) is 5.91 Å². The third-order valence-electron chi connectivity index (χ3n) is 2.09. The summed E-state index contributed by atoms with van der Waals surface area (Å²) in [5, 5.41) is 12.8. The number of carbonyl (C=O) groups is 1. The van der Waals surface area contributed by atoms with E-state index in [1.165, 1.54) is 11.3 Å². The van der Waals surface area contributed by atoms with E-state index < -0.39 is 5.54 Å². The fraction of sp³-hybridized carbons (Fsp3) is 0.636. The Labute approximate surface area is 99.7 Å². The van der Waals surface area contributed by atoms with E-state index in [4.69, 9.17) is 5.11 Å². The fourth-order valence-corrected chi connectivity index (χ4v) is 2.07. The van der Waals surface area contributed by atoms with Gasteiger partial charge in [0.2, 0.25) is 0 Å². The van der Waals surface area contributed by atoms with Crippen molar-refractivity contribution in [2.45, 2.75) is 39.2 Å². The maximum Gasteiger partial charge on any atom is 0.263 e. The predicted octanol–water partition coefficient (Wildman–Crippen LogP) is 1.60. The number of aliphatic hydroxyl groups excluding tert-OH is 1. The molecule has 1 aromatic rings. The SMILES string of the molecule is CCCc1ncc(C(=O)NC(C)(C)CO)s1. The minimum absolute atomic E-state index is 0.0840. The summed E-state index contributed by atoms with van der Waals surface area (Å²) in [5.41, 5.74) is -0.591. The smallest absolute Gasteiger partial charge is 0.263 e. The highest BCUT2D eigenvalue weighted by atomic mass is 32.1. The molecule has 0 saturated carbocycles. The third-order valence-corrected chi connectivity index (χ3v) is 3.14. The van der Waals surface area contributed by atoms with Crippen LogP contribution in [0.15, 0.2) is 6.20 Å². The van der Waals surface area contributed by atoms with Gasteiger partial charge in [-0.05, 0) is 26.7 Å². The van der Waals surface area contributed by atoms with Crippen LogP contribution in [-0.4, -0.2) is 28.1 Å². The first-order valence-corrected chi connectivity index (χ1v) is 6.18. The van der Waals surface area contributed by atoms with Gasteiger partial charge in [0.05, 0.1) is 23.4 Å². The summed E-state index contributed by atoms with van der Waals surface area (Å²) in [6.45, 7) is 5.55. The molecule has 0 saturated heterocycles. The van der Waals surface area contributed by atoms with E-state index in [1.54, 1.807) is 20.0 Å². The van der Waals surface area contributed by atoms with Gasteiger partial charge < -0.3 is 10.4 Å². The van der Waals surface area contributed by atoms with Crippen molar-refractivity contribution in [2.75, 3.05) is 6.61 Å². The van der Waals surface area contributed by atoms with Gasteiger partial charge >= 0.3 is 0 Å². The van der Waals surface area contributed by atoms with Crippen molar-refractivity contribution in [3.8, 4) is 0 Å². The lowest BCUT2D eigenvalue weighted by Gasteiger charge is -2.22. The zero-order valence-electron chi connectivity index (χ0n) is 9.91. The zero-order valence-corrected chi connectivity index (χ0v) is 10.7. The van der Waals surface area contributed by atoms with Gasteiger partial charge in [0.1, 0.15) is 4.88 Å². The Morgan fingerprint density at radius 1 is 1.62 bits per heavy atom. The van der Waals surface area contributed by atoms with Crippen LogP contribution >= 0.6 is 11.3 Å². The molecule has 0 aliphatic carbocycles. The van der Waals surface area contributed by atoms with Crippen molar-refractivity contribution in [3.05, 3.63) is 16.1 Å². The van der Waals surface area contributed by atoms with E-state index >= 15 is 0 Å². The van der Waals surface area contributed by atoms with Crippen molar-refractivity contribution < 1.29 is 9.90 Å². The van der Waals surface area contributed by atoms with E-state index in [2.05, 4.69) is 17.2 Å². The van der Waals surface area contributed by atoms with E-state index in [0.717, 1.165) is 17.8 Å². The summed E-state index contributed by atoms with van der Waals surface area (Å²) in [5.74, 6) is -0.168. The molecule has 1 aromatic heterocycles. The van der Waals surface area contributed by atoms with Gasteiger partial charge in [0.15, 0.2) is 0 Å². The van der Waals surface area contributed by atoms with Crippen molar-refractivity contribution >= 4 is 17.2 Å². The molecule has 0 spiro atoms. The van der Waals surface area contributed by atoms with Crippen LogP contribution in [0.25, 0.3) is 0 Å². The fourth-order valence-electron chi connectivity index (χ4n) is 1.15. The summed E-state index contributed by atoms with van der Waals surface area (Å²) in [4.78, 5) is 16.6. The minimum atomic E-state index is -0.591. The number of rotatable bonds is 5. The minimum Gasteiger partial charge on any atom is -0.394 e. The number of aryl methyl sites for hydroxylation is 1. The van der Waals surface area contributed by atoms with Crippen LogP contribution in [0.4, 0.5) is 0 Å². The second-order valence-electron chi connectivity index (χ2n) is 4.36. The molecule has 0 aliphatic heterocycles. The van der Waals surface area contributed by atoms with Gasteiger partial charge in [-0.2, -0.15) is 0 Å². The summed E-state index contributed by atoms with van der Waals surface area (Å²) >= 11 is 1.41. The molecule has 0 bridgehead atoms.